The van der Waals surface area contributed by atoms with Gasteiger partial charge in [-0.25, -0.2) is 0 Å². The minimum absolute atomic E-state index is 0.402. The fraction of sp³-hybridized carbons (Fsp3) is 0.923. The molecule has 17 heavy (non-hydrogen) atoms. The van der Waals surface area contributed by atoms with Crippen molar-refractivity contribution in [3.63, 3.8) is 0 Å². The number of aliphatic carboxylic acids is 1. The van der Waals surface area contributed by atoms with Crippen LogP contribution < -0.4 is 0 Å². The van der Waals surface area contributed by atoms with Gasteiger partial charge in [-0.05, 0) is 32.1 Å². The zero-order chi connectivity index (χ0) is 12.4. The summed E-state index contributed by atoms with van der Waals surface area (Å²) in [7, 11) is 1.63. The van der Waals surface area contributed by atoms with Crippen LogP contribution in [0.3, 0.4) is 0 Å². The van der Waals surface area contributed by atoms with Crippen LogP contribution in [-0.4, -0.2) is 37.0 Å². The van der Waals surface area contributed by atoms with E-state index in [1.165, 1.54) is 0 Å². The summed E-state index contributed by atoms with van der Waals surface area (Å²) < 4.78 is 11.2. The Kier molecular flexibility index (Phi) is 3.73. The van der Waals surface area contributed by atoms with Crippen molar-refractivity contribution in [3.8, 4) is 0 Å². The number of hydrogen-bond donors (Lipinski definition) is 1. The molecule has 0 spiro atoms. The molecule has 1 heterocycles. The first-order chi connectivity index (χ1) is 8.17. The van der Waals surface area contributed by atoms with Crippen LogP contribution in [0.25, 0.3) is 0 Å². The van der Waals surface area contributed by atoms with E-state index < -0.39 is 17.0 Å². The molecule has 2 aliphatic rings. The smallest absolute Gasteiger partial charge is 0.312 e. The SMILES string of the molecule is COCC1(C2(C(=O)O)CCCC2)CCCCO1. The van der Waals surface area contributed by atoms with Crippen molar-refractivity contribution in [2.75, 3.05) is 20.3 Å². The second kappa shape index (κ2) is 4.94. The van der Waals surface area contributed by atoms with Crippen LogP contribution in [0.2, 0.25) is 0 Å². The summed E-state index contributed by atoms with van der Waals surface area (Å²) in [5.41, 5.74) is -1.31. The molecule has 1 N–H and O–H groups in total. The van der Waals surface area contributed by atoms with E-state index in [4.69, 9.17) is 9.47 Å². The Balaban J connectivity index is 2.31. The molecule has 1 atom stereocenters. The highest BCUT2D eigenvalue weighted by molar-refractivity contribution is 5.77. The van der Waals surface area contributed by atoms with Gasteiger partial charge in [-0.3, -0.25) is 4.79 Å². The molecule has 1 unspecified atom stereocenters. The van der Waals surface area contributed by atoms with Crippen LogP contribution in [0.15, 0.2) is 0 Å². The van der Waals surface area contributed by atoms with E-state index in [1.54, 1.807) is 7.11 Å². The molecule has 0 radical (unpaired) electrons. The molecule has 0 amide bonds. The average molecular weight is 242 g/mol. The van der Waals surface area contributed by atoms with Crippen molar-refractivity contribution < 1.29 is 19.4 Å². The normalized spacial score (nSPS) is 32.5. The van der Waals surface area contributed by atoms with Gasteiger partial charge in [0, 0.05) is 13.7 Å². The van der Waals surface area contributed by atoms with Gasteiger partial charge >= 0.3 is 5.97 Å². The summed E-state index contributed by atoms with van der Waals surface area (Å²) in [6.07, 6.45) is 6.31. The Bertz CT molecular complexity index is 270. The molecule has 1 aliphatic heterocycles. The predicted octanol–water partition coefficient (Wildman–Crippen LogP) is 2.22. The maximum absolute atomic E-state index is 11.8. The van der Waals surface area contributed by atoms with E-state index in [0.29, 0.717) is 13.2 Å². The third-order valence-corrected chi connectivity index (χ3v) is 4.47. The standard InChI is InChI=1S/C13H22O4/c1-16-10-13(8-4-5-9-17-13)12(11(14)15)6-2-3-7-12/h2-10H2,1H3,(H,14,15). The zero-order valence-electron chi connectivity index (χ0n) is 10.5. The molecule has 1 saturated carbocycles. The van der Waals surface area contributed by atoms with Gasteiger partial charge in [0.05, 0.1) is 12.0 Å². The van der Waals surface area contributed by atoms with Gasteiger partial charge in [-0.15, -0.1) is 0 Å². The van der Waals surface area contributed by atoms with Crippen molar-refractivity contribution in [2.24, 2.45) is 5.41 Å². The lowest BCUT2D eigenvalue weighted by Crippen LogP contribution is -2.57. The third kappa shape index (κ3) is 1.97. The predicted molar refractivity (Wildman–Crippen MR) is 62.9 cm³/mol. The molecular weight excluding hydrogens is 220 g/mol. The van der Waals surface area contributed by atoms with Crippen LogP contribution in [0, 0.1) is 5.41 Å². The molecule has 4 nitrogen and oxygen atoms in total. The third-order valence-electron chi connectivity index (χ3n) is 4.47. The van der Waals surface area contributed by atoms with E-state index in [-0.39, 0.29) is 0 Å². The van der Waals surface area contributed by atoms with Crippen molar-refractivity contribution in [3.05, 3.63) is 0 Å². The summed E-state index contributed by atoms with van der Waals surface area (Å²) in [4.78, 5) is 11.8. The van der Waals surface area contributed by atoms with Gasteiger partial charge in [0.15, 0.2) is 0 Å². The highest BCUT2D eigenvalue weighted by atomic mass is 16.5. The average Bonchev–Trinajstić information content (AvgIpc) is 2.81. The van der Waals surface area contributed by atoms with E-state index in [0.717, 1.165) is 44.9 Å². The van der Waals surface area contributed by atoms with E-state index >= 15 is 0 Å². The molecule has 0 bridgehead atoms. The number of carbonyl (C=O) groups is 1. The fourth-order valence-electron chi connectivity index (χ4n) is 3.56. The van der Waals surface area contributed by atoms with Crippen LogP contribution in [0.4, 0.5) is 0 Å². The zero-order valence-corrected chi connectivity index (χ0v) is 10.5. The Morgan fingerprint density at radius 3 is 2.35 bits per heavy atom. The first-order valence-electron chi connectivity index (χ1n) is 6.53. The molecule has 0 aromatic rings. The number of hydrogen-bond acceptors (Lipinski definition) is 3. The summed E-state index contributed by atoms with van der Waals surface area (Å²) >= 11 is 0. The minimum Gasteiger partial charge on any atom is -0.481 e. The summed E-state index contributed by atoms with van der Waals surface area (Å²) in [5.74, 6) is -0.700. The Hall–Kier alpha value is -0.610. The van der Waals surface area contributed by atoms with Gasteiger partial charge in [0.25, 0.3) is 0 Å². The Morgan fingerprint density at radius 1 is 1.24 bits per heavy atom. The largest absolute Gasteiger partial charge is 0.481 e. The molecule has 98 valence electrons. The number of ether oxygens (including phenoxy) is 2. The maximum atomic E-state index is 11.8. The summed E-state index contributed by atoms with van der Waals surface area (Å²) in [5, 5.41) is 9.67. The van der Waals surface area contributed by atoms with Gasteiger partial charge in [0.2, 0.25) is 0 Å². The minimum atomic E-state index is -0.719. The van der Waals surface area contributed by atoms with E-state index in [1.807, 2.05) is 0 Å². The number of carboxylic acids is 1. The summed E-state index contributed by atoms with van der Waals surface area (Å²) in [6.45, 7) is 1.07. The lowest BCUT2D eigenvalue weighted by molar-refractivity contribution is -0.204. The first kappa shape index (κ1) is 12.8. The molecule has 1 aliphatic carbocycles. The summed E-state index contributed by atoms with van der Waals surface area (Å²) in [6, 6.07) is 0. The highest BCUT2D eigenvalue weighted by Gasteiger charge is 2.59. The molecule has 4 heteroatoms. The van der Waals surface area contributed by atoms with Crippen molar-refractivity contribution in [2.45, 2.75) is 50.5 Å². The topological polar surface area (TPSA) is 55.8 Å². The van der Waals surface area contributed by atoms with Crippen molar-refractivity contribution in [1.29, 1.82) is 0 Å². The fourth-order valence-corrected chi connectivity index (χ4v) is 3.56. The molecular formula is C13H22O4. The molecule has 1 saturated heterocycles. The van der Waals surface area contributed by atoms with Crippen LogP contribution >= 0.6 is 0 Å². The van der Waals surface area contributed by atoms with E-state index in [2.05, 4.69) is 0 Å². The van der Waals surface area contributed by atoms with E-state index in [9.17, 15) is 9.90 Å². The quantitative estimate of drug-likeness (QED) is 0.821. The van der Waals surface area contributed by atoms with Crippen molar-refractivity contribution in [1.82, 2.24) is 0 Å². The highest BCUT2D eigenvalue weighted by Crippen LogP contribution is 2.52. The van der Waals surface area contributed by atoms with Crippen LogP contribution in [0.1, 0.15) is 44.9 Å². The molecule has 2 rings (SSSR count). The molecule has 0 aromatic heterocycles. The monoisotopic (exact) mass is 242 g/mol. The molecule has 0 aromatic carbocycles. The van der Waals surface area contributed by atoms with Gasteiger partial charge in [0.1, 0.15) is 5.60 Å². The Morgan fingerprint density at radius 2 is 1.88 bits per heavy atom. The van der Waals surface area contributed by atoms with Crippen molar-refractivity contribution >= 4 is 5.97 Å². The van der Waals surface area contributed by atoms with Gasteiger partial charge < -0.3 is 14.6 Å². The van der Waals surface area contributed by atoms with Crippen LogP contribution in [0.5, 0.6) is 0 Å². The lowest BCUT2D eigenvalue weighted by atomic mass is 9.67. The Labute approximate surface area is 102 Å². The maximum Gasteiger partial charge on any atom is 0.312 e. The second-order valence-electron chi connectivity index (χ2n) is 5.33. The van der Waals surface area contributed by atoms with Gasteiger partial charge in [-0.2, -0.15) is 0 Å². The van der Waals surface area contributed by atoms with Gasteiger partial charge in [-0.1, -0.05) is 12.8 Å². The number of methoxy groups -OCH3 is 1. The lowest BCUT2D eigenvalue weighted by Gasteiger charge is -2.47. The number of rotatable bonds is 4. The number of carboxylic acid groups (broad SMARTS) is 1. The molecule has 2 fully saturated rings. The van der Waals surface area contributed by atoms with Crippen LogP contribution in [-0.2, 0) is 14.3 Å². The first-order valence-corrected chi connectivity index (χ1v) is 6.53. The second-order valence-corrected chi connectivity index (χ2v) is 5.33.